The molecule has 0 aromatic carbocycles. The Kier molecular flexibility index (Phi) is 4.40. The van der Waals surface area contributed by atoms with Gasteiger partial charge in [-0.1, -0.05) is 6.92 Å². The highest BCUT2D eigenvalue weighted by molar-refractivity contribution is 5.18. The lowest BCUT2D eigenvalue weighted by atomic mass is 9.70. The van der Waals surface area contributed by atoms with Crippen molar-refractivity contribution in [2.45, 2.75) is 50.7 Å². The fourth-order valence-electron chi connectivity index (χ4n) is 3.64. The highest BCUT2D eigenvalue weighted by Gasteiger charge is 2.44. The zero-order valence-electron chi connectivity index (χ0n) is 13.0. The number of hydrogen-bond donors (Lipinski definition) is 1. The molecule has 5 heteroatoms. The van der Waals surface area contributed by atoms with Gasteiger partial charge >= 0.3 is 0 Å². The van der Waals surface area contributed by atoms with Crippen molar-refractivity contribution >= 4 is 0 Å². The number of ether oxygens (including phenoxy) is 2. The number of nitrogens with one attached hydrogen (secondary N) is 1. The van der Waals surface area contributed by atoms with Crippen LogP contribution in [-0.2, 0) is 4.74 Å². The second-order valence-electron chi connectivity index (χ2n) is 6.16. The molecule has 3 rings (SSSR count). The van der Waals surface area contributed by atoms with E-state index in [9.17, 15) is 0 Å². The van der Waals surface area contributed by atoms with Crippen LogP contribution in [0.5, 0.6) is 5.88 Å². The van der Waals surface area contributed by atoms with Gasteiger partial charge in [0.05, 0.1) is 24.4 Å². The van der Waals surface area contributed by atoms with Gasteiger partial charge < -0.3 is 14.8 Å². The monoisotopic (exact) mass is 291 g/mol. The van der Waals surface area contributed by atoms with Crippen LogP contribution in [0.15, 0.2) is 12.4 Å². The summed E-state index contributed by atoms with van der Waals surface area (Å²) < 4.78 is 11.3. The third-order valence-electron chi connectivity index (χ3n) is 4.88. The van der Waals surface area contributed by atoms with Crippen molar-refractivity contribution in [2.24, 2.45) is 5.92 Å². The van der Waals surface area contributed by atoms with Gasteiger partial charge in [0.15, 0.2) is 0 Å². The van der Waals surface area contributed by atoms with Crippen LogP contribution in [0.4, 0.5) is 0 Å². The minimum atomic E-state index is 0.160. The van der Waals surface area contributed by atoms with E-state index in [1.807, 2.05) is 6.07 Å². The maximum atomic E-state index is 6.06. The van der Waals surface area contributed by atoms with Crippen LogP contribution < -0.4 is 10.1 Å². The summed E-state index contributed by atoms with van der Waals surface area (Å²) in [5.74, 6) is 1.20. The Morgan fingerprint density at radius 2 is 2.33 bits per heavy atom. The van der Waals surface area contributed by atoms with E-state index in [-0.39, 0.29) is 11.6 Å². The zero-order valence-corrected chi connectivity index (χ0v) is 13.0. The van der Waals surface area contributed by atoms with Crippen molar-refractivity contribution in [3.05, 3.63) is 18.1 Å². The first-order chi connectivity index (χ1) is 10.3. The molecule has 2 atom stereocenters. The summed E-state index contributed by atoms with van der Waals surface area (Å²) in [4.78, 5) is 8.59. The molecule has 116 valence electrons. The van der Waals surface area contributed by atoms with Crippen molar-refractivity contribution in [3.8, 4) is 5.88 Å². The molecular formula is C16H25N3O2. The van der Waals surface area contributed by atoms with Gasteiger partial charge in [-0.2, -0.15) is 0 Å². The van der Waals surface area contributed by atoms with Gasteiger partial charge in [-0.05, 0) is 44.6 Å². The van der Waals surface area contributed by atoms with Gasteiger partial charge in [0.25, 0.3) is 0 Å². The van der Waals surface area contributed by atoms with Gasteiger partial charge in [0.2, 0.25) is 5.88 Å². The summed E-state index contributed by atoms with van der Waals surface area (Å²) in [7, 11) is 1.65. The van der Waals surface area contributed by atoms with Gasteiger partial charge in [-0.3, -0.25) is 0 Å². The largest absolute Gasteiger partial charge is 0.481 e. The van der Waals surface area contributed by atoms with E-state index in [1.54, 1.807) is 13.4 Å². The maximum absolute atomic E-state index is 6.06. The van der Waals surface area contributed by atoms with Gasteiger partial charge in [0, 0.05) is 12.7 Å². The normalized spacial score (nSPS) is 25.3. The molecule has 2 heterocycles. The van der Waals surface area contributed by atoms with E-state index < -0.39 is 0 Å². The van der Waals surface area contributed by atoms with Crippen LogP contribution in [0, 0.1) is 5.92 Å². The Bertz CT molecular complexity index is 476. The molecule has 1 aromatic rings. The molecule has 1 saturated heterocycles. The number of rotatable bonds is 5. The molecule has 0 amide bonds. The fraction of sp³-hybridized carbons (Fsp3) is 0.750. The number of aromatic nitrogens is 2. The first-order valence-electron chi connectivity index (χ1n) is 7.99. The zero-order chi connectivity index (χ0) is 14.7. The molecule has 1 aromatic heterocycles. The Labute approximate surface area is 126 Å². The molecule has 1 aliphatic heterocycles. The predicted molar refractivity (Wildman–Crippen MR) is 80.3 cm³/mol. The van der Waals surface area contributed by atoms with E-state index in [0.29, 0.717) is 11.8 Å². The maximum Gasteiger partial charge on any atom is 0.216 e. The summed E-state index contributed by atoms with van der Waals surface area (Å²) in [6.07, 6.45) is 7.56. The number of methoxy groups -OCH3 is 1. The highest BCUT2D eigenvalue weighted by atomic mass is 16.5. The molecule has 5 nitrogen and oxygen atoms in total. The van der Waals surface area contributed by atoms with Crippen LogP contribution in [0.2, 0.25) is 0 Å². The first kappa shape index (κ1) is 14.7. The predicted octanol–water partition coefficient (Wildman–Crippen LogP) is 2.49. The molecule has 1 saturated carbocycles. The summed E-state index contributed by atoms with van der Waals surface area (Å²) in [5.41, 5.74) is 1.19. The Morgan fingerprint density at radius 3 is 3.00 bits per heavy atom. The van der Waals surface area contributed by atoms with Crippen LogP contribution in [0.1, 0.15) is 50.8 Å². The molecule has 21 heavy (non-hydrogen) atoms. The lowest BCUT2D eigenvalue weighted by Gasteiger charge is -2.48. The lowest BCUT2D eigenvalue weighted by Crippen LogP contribution is -2.48. The minimum absolute atomic E-state index is 0.160. The summed E-state index contributed by atoms with van der Waals surface area (Å²) in [6.45, 7) is 3.94. The fourth-order valence-corrected chi connectivity index (χ4v) is 3.64. The van der Waals surface area contributed by atoms with Crippen LogP contribution in [0.3, 0.4) is 0 Å². The van der Waals surface area contributed by atoms with E-state index in [2.05, 4.69) is 22.2 Å². The Balaban J connectivity index is 1.79. The Hall–Kier alpha value is -1.20. The molecule has 2 aliphatic rings. The molecule has 1 N–H and O–H groups in total. The number of hydrogen-bond acceptors (Lipinski definition) is 5. The average Bonchev–Trinajstić information content (AvgIpc) is 2.51. The Morgan fingerprint density at radius 1 is 1.48 bits per heavy atom. The topological polar surface area (TPSA) is 56.3 Å². The molecular weight excluding hydrogens is 266 g/mol. The quantitative estimate of drug-likeness (QED) is 0.903. The molecule has 0 bridgehead atoms. The molecule has 2 unspecified atom stereocenters. The van der Waals surface area contributed by atoms with E-state index in [4.69, 9.17) is 9.47 Å². The van der Waals surface area contributed by atoms with Gasteiger partial charge in [-0.25, -0.2) is 9.97 Å². The van der Waals surface area contributed by atoms with Crippen LogP contribution in [-0.4, -0.2) is 35.8 Å². The third kappa shape index (κ3) is 3.04. The minimum Gasteiger partial charge on any atom is -0.481 e. The van der Waals surface area contributed by atoms with Crippen molar-refractivity contribution in [1.29, 1.82) is 0 Å². The summed E-state index contributed by atoms with van der Waals surface area (Å²) in [6, 6.07) is 2.21. The number of nitrogens with zero attached hydrogens (tertiary/aromatic N) is 2. The summed E-state index contributed by atoms with van der Waals surface area (Å²) >= 11 is 0. The van der Waals surface area contributed by atoms with Crippen molar-refractivity contribution in [2.75, 3.05) is 20.3 Å². The van der Waals surface area contributed by atoms with E-state index in [1.165, 1.54) is 19.3 Å². The van der Waals surface area contributed by atoms with Crippen molar-refractivity contribution in [1.82, 2.24) is 15.3 Å². The molecule has 1 spiro atoms. The average molecular weight is 291 g/mol. The van der Waals surface area contributed by atoms with Crippen LogP contribution >= 0.6 is 0 Å². The lowest BCUT2D eigenvalue weighted by molar-refractivity contribution is -0.147. The second-order valence-corrected chi connectivity index (χ2v) is 6.16. The van der Waals surface area contributed by atoms with Crippen molar-refractivity contribution < 1.29 is 9.47 Å². The molecule has 0 radical (unpaired) electrons. The molecule has 1 aliphatic carbocycles. The summed E-state index contributed by atoms with van der Waals surface area (Å²) in [5, 5.41) is 3.60. The molecule has 2 fully saturated rings. The standard InChI is InChI=1S/C16H25N3O2/c1-3-17-15(13-9-14(20-2)19-11-18-13)12-5-8-21-16(10-12)6-4-7-16/h9,11-12,15,17H,3-8,10H2,1-2H3. The van der Waals surface area contributed by atoms with E-state index >= 15 is 0 Å². The second kappa shape index (κ2) is 6.28. The third-order valence-corrected chi connectivity index (χ3v) is 4.88. The smallest absolute Gasteiger partial charge is 0.216 e. The SMILES string of the molecule is CCNC(c1cc(OC)ncn1)C1CCOC2(CCC2)C1. The van der Waals surface area contributed by atoms with E-state index in [0.717, 1.165) is 31.7 Å². The van der Waals surface area contributed by atoms with Crippen LogP contribution in [0.25, 0.3) is 0 Å². The first-order valence-corrected chi connectivity index (χ1v) is 7.99. The van der Waals surface area contributed by atoms with Crippen molar-refractivity contribution in [3.63, 3.8) is 0 Å². The van der Waals surface area contributed by atoms with Gasteiger partial charge in [-0.15, -0.1) is 0 Å². The van der Waals surface area contributed by atoms with Gasteiger partial charge in [0.1, 0.15) is 6.33 Å². The highest BCUT2D eigenvalue weighted by Crippen LogP contribution is 2.47.